The van der Waals surface area contributed by atoms with E-state index in [9.17, 15) is 9.18 Å². The molecule has 0 spiro atoms. The largest absolute Gasteiger partial charge is 0.494 e. The quantitative estimate of drug-likeness (QED) is 0.340. The number of thiocarbonyl (C=S) groups is 1. The lowest BCUT2D eigenvalue weighted by Crippen LogP contribution is -2.32. The summed E-state index contributed by atoms with van der Waals surface area (Å²) >= 11 is 5.15. The maximum absolute atomic E-state index is 12.9. The molecule has 4 nitrogen and oxygen atoms in total. The van der Waals surface area contributed by atoms with Crippen molar-refractivity contribution in [2.45, 2.75) is 32.6 Å². The van der Waals surface area contributed by atoms with Gasteiger partial charge in [0.25, 0.3) is 0 Å². The van der Waals surface area contributed by atoms with Gasteiger partial charge in [-0.3, -0.25) is 10.1 Å². The molecule has 0 saturated carbocycles. The van der Waals surface area contributed by atoms with Gasteiger partial charge in [0.2, 0.25) is 5.91 Å². The zero-order valence-corrected chi connectivity index (χ0v) is 16.7. The second kappa shape index (κ2) is 11.9. The summed E-state index contributed by atoms with van der Waals surface area (Å²) < 4.78 is 18.6. The van der Waals surface area contributed by atoms with Crippen LogP contribution in [0.15, 0.2) is 54.6 Å². The van der Waals surface area contributed by atoms with Gasteiger partial charge in [0.15, 0.2) is 5.11 Å². The van der Waals surface area contributed by atoms with Gasteiger partial charge < -0.3 is 10.1 Å². The number of anilines is 1. The van der Waals surface area contributed by atoms with Crippen LogP contribution in [-0.4, -0.2) is 17.6 Å². The number of benzene rings is 2. The van der Waals surface area contributed by atoms with Gasteiger partial charge in [-0.15, -0.1) is 0 Å². The Morgan fingerprint density at radius 3 is 2.46 bits per heavy atom. The molecule has 0 radical (unpaired) electrons. The summed E-state index contributed by atoms with van der Waals surface area (Å²) in [5.41, 5.74) is 1.48. The van der Waals surface area contributed by atoms with Crippen LogP contribution in [0.5, 0.6) is 5.75 Å². The van der Waals surface area contributed by atoms with Crippen LogP contribution >= 0.6 is 12.2 Å². The molecule has 0 heterocycles. The average Bonchev–Trinajstić information content (AvgIpc) is 2.68. The third-order valence-corrected chi connectivity index (χ3v) is 4.12. The molecule has 2 N–H and O–H groups in total. The van der Waals surface area contributed by atoms with Crippen molar-refractivity contribution >= 4 is 35.0 Å². The molecule has 0 bridgehead atoms. The molecule has 1 amide bonds. The number of amides is 1. The minimum Gasteiger partial charge on any atom is -0.494 e. The van der Waals surface area contributed by atoms with E-state index >= 15 is 0 Å². The molecule has 28 heavy (non-hydrogen) atoms. The van der Waals surface area contributed by atoms with E-state index in [4.69, 9.17) is 17.0 Å². The Morgan fingerprint density at radius 2 is 1.79 bits per heavy atom. The summed E-state index contributed by atoms with van der Waals surface area (Å²) in [7, 11) is 0. The van der Waals surface area contributed by atoms with Crippen molar-refractivity contribution in [1.82, 2.24) is 5.32 Å². The zero-order chi connectivity index (χ0) is 20.2. The predicted octanol–water partition coefficient (Wildman–Crippen LogP) is 5.31. The van der Waals surface area contributed by atoms with Crippen molar-refractivity contribution < 1.29 is 13.9 Å². The highest BCUT2D eigenvalue weighted by Gasteiger charge is 2.02. The van der Waals surface area contributed by atoms with Crippen LogP contribution in [0.4, 0.5) is 10.1 Å². The van der Waals surface area contributed by atoms with Crippen molar-refractivity contribution in [3.05, 3.63) is 66.0 Å². The molecule has 0 aromatic heterocycles. The Morgan fingerprint density at radius 1 is 1.07 bits per heavy atom. The minimum atomic E-state index is -0.367. The topological polar surface area (TPSA) is 50.4 Å². The van der Waals surface area contributed by atoms with E-state index in [0.29, 0.717) is 6.61 Å². The SMILES string of the molecule is CCCCCCOc1ccc(NC(=S)NC(=O)C=Cc2ccc(F)cc2)cc1. The Labute approximate surface area is 170 Å². The van der Waals surface area contributed by atoms with Crippen LogP contribution in [0.1, 0.15) is 38.2 Å². The molecule has 0 aliphatic carbocycles. The van der Waals surface area contributed by atoms with E-state index in [0.717, 1.165) is 23.4 Å². The Kier molecular flexibility index (Phi) is 9.15. The number of halogens is 1. The normalized spacial score (nSPS) is 10.6. The van der Waals surface area contributed by atoms with Crippen LogP contribution in [0.25, 0.3) is 6.08 Å². The molecule has 6 heteroatoms. The van der Waals surface area contributed by atoms with Gasteiger partial charge >= 0.3 is 0 Å². The second-order valence-corrected chi connectivity index (χ2v) is 6.67. The molecule has 0 unspecified atom stereocenters. The molecule has 148 valence electrons. The van der Waals surface area contributed by atoms with E-state index < -0.39 is 0 Å². The number of carbonyl (C=O) groups excluding carboxylic acids is 1. The third-order valence-electron chi connectivity index (χ3n) is 3.91. The molecule has 0 atom stereocenters. The van der Waals surface area contributed by atoms with Crippen LogP contribution in [0, 0.1) is 5.82 Å². The molecule has 0 aliphatic rings. The van der Waals surface area contributed by atoms with Crippen molar-refractivity contribution in [3.8, 4) is 5.75 Å². The Balaban J connectivity index is 1.74. The second-order valence-electron chi connectivity index (χ2n) is 6.26. The highest BCUT2D eigenvalue weighted by Crippen LogP contribution is 2.16. The molecule has 2 aromatic carbocycles. The average molecular weight is 401 g/mol. The van der Waals surface area contributed by atoms with E-state index in [1.807, 2.05) is 24.3 Å². The first-order valence-electron chi connectivity index (χ1n) is 9.35. The molecule has 0 saturated heterocycles. The third kappa shape index (κ3) is 8.31. The minimum absolute atomic E-state index is 0.196. The number of rotatable bonds is 9. The lowest BCUT2D eigenvalue weighted by molar-refractivity contribution is -0.115. The van der Waals surface area contributed by atoms with Crippen LogP contribution in [0.3, 0.4) is 0 Å². The summed E-state index contributed by atoms with van der Waals surface area (Å²) in [5, 5.41) is 5.71. The van der Waals surface area contributed by atoms with Crippen molar-refractivity contribution in [1.29, 1.82) is 0 Å². The summed E-state index contributed by atoms with van der Waals surface area (Å²) in [5.74, 6) is 0.119. The van der Waals surface area contributed by atoms with E-state index in [1.54, 1.807) is 18.2 Å². The summed E-state index contributed by atoms with van der Waals surface area (Å²) in [6, 6.07) is 13.3. The van der Waals surface area contributed by atoms with E-state index in [-0.39, 0.29) is 16.8 Å². The number of ether oxygens (including phenoxy) is 1. The maximum atomic E-state index is 12.9. The number of hydrogen-bond donors (Lipinski definition) is 2. The number of hydrogen-bond acceptors (Lipinski definition) is 3. The molecular weight excluding hydrogens is 375 g/mol. The number of unbranched alkanes of at least 4 members (excludes halogenated alkanes) is 3. The number of carbonyl (C=O) groups is 1. The van der Waals surface area contributed by atoms with Gasteiger partial charge in [0.05, 0.1) is 6.61 Å². The van der Waals surface area contributed by atoms with Crippen LogP contribution in [-0.2, 0) is 4.79 Å². The van der Waals surface area contributed by atoms with Gasteiger partial charge in [-0.25, -0.2) is 4.39 Å². The molecule has 0 fully saturated rings. The summed E-state index contributed by atoms with van der Waals surface area (Å²) in [6.45, 7) is 2.89. The Bertz CT molecular complexity index is 789. The summed E-state index contributed by atoms with van der Waals surface area (Å²) in [4.78, 5) is 11.9. The van der Waals surface area contributed by atoms with Crippen molar-refractivity contribution in [3.63, 3.8) is 0 Å². The smallest absolute Gasteiger partial charge is 0.250 e. The fourth-order valence-electron chi connectivity index (χ4n) is 2.42. The van der Waals surface area contributed by atoms with Gasteiger partial charge in [0, 0.05) is 11.8 Å². The fourth-order valence-corrected chi connectivity index (χ4v) is 2.63. The highest BCUT2D eigenvalue weighted by molar-refractivity contribution is 7.80. The monoisotopic (exact) mass is 400 g/mol. The van der Waals surface area contributed by atoms with E-state index in [1.165, 1.54) is 37.5 Å². The first kappa shape index (κ1) is 21.6. The fraction of sp³-hybridized carbons (Fsp3) is 0.273. The van der Waals surface area contributed by atoms with Gasteiger partial charge in [-0.2, -0.15) is 0 Å². The lowest BCUT2D eigenvalue weighted by atomic mass is 10.2. The predicted molar refractivity (Wildman–Crippen MR) is 116 cm³/mol. The highest BCUT2D eigenvalue weighted by atomic mass is 32.1. The van der Waals surface area contributed by atoms with Crippen LogP contribution < -0.4 is 15.4 Å². The Hall–Kier alpha value is -2.73. The summed E-state index contributed by atoms with van der Waals surface area (Å²) in [6.07, 6.45) is 7.60. The first-order valence-corrected chi connectivity index (χ1v) is 9.76. The maximum Gasteiger partial charge on any atom is 0.250 e. The van der Waals surface area contributed by atoms with Gasteiger partial charge in [-0.05, 0) is 66.7 Å². The first-order chi connectivity index (χ1) is 13.6. The molecule has 2 rings (SSSR count). The van der Waals surface area contributed by atoms with E-state index in [2.05, 4.69) is 17.6 Å². The zero-order valence-electron chi connectivity index (χ0n) is 15.9. The number of nitrogens with one attached hydrogen (secondary N) is 2. The molecular formula is C22H25FN2O2S. The van der Waals surface area contributed by atoms with Crippen molar-refractivity contribution in [2.75, 3.05) is 11.9 Å². The van der Waals surface area contributed by atoms with Crippen LogP contribution in [0.2, 0.25) is 0 Å². The molecule has 0 aliphatic heterocycles. The van der Waals surface area contributed by atoms with Crippen molar-refractivity contribution in [2.24, 2.45) is 0 Å². The lowest BCUT2D eigenvalue weighted by Gasteiger charge is -2.10. The van der Waals surface area contributed by atoms with Gasteiger partial charge in [0.1, 0.15) is 11.6 Å². The molecule has 2 aromatic rings. The van der Waals surface area contributed by atoms with Gasteiger partial charge in [-0.1, -0.05) is 38.3 Å². The standard InChI is InChI=1S/C22H25FN2O2S/c1-2-3-4-5-16-27-20-13-11-19(12-14-20)24-22(28)25-21(26)15-8-17-6-9-18(23)10-7-17/h6-15H,2-5,16H2,1H3,(H2,24,25,26,28).